The molecule has 2 aromatic rings. The second-order valence-corrected chi connectivity index (χ2v) is 11.5. The highest BCUT2D eigenvalue weighted by Gasteiger charge is 2.31. The molecule has 0 radical (unpaired) electrons. The van der Waals surface area contributed by atoms with Gasteiger partial charge in [0.05, 0.1) is 6.04 Å². The quantitative estimate of drug-likeness (QED) is 0.382. The first-order valence-electron chi connectivity index (χ1n) is 13.5. The molecule has 0 fully saturated rings. The number of nitrogens with zero attached hydrogens (tertiary/aromatic N) is 1. The standard InChI is InChI=1S/C31H47N3O3/c1-9-23(4)34(8)28(19-22(2)3)30(36)32-27(29(35)33-31(5,6)7)20-24-15-17-26(18-16-24)37-21-25-13-11-10-12-14-25/h10-18,22-23,27-28H,9,19-21H2,1-8H3,(H,32,36)(H,33,35)/t23-,27?,28+/m0/s1. The van der Waals surface area contributed by atoms with E-state index in [4.69, 9.17) is 4.74 Å². The maximum atomic E-state index is 13.5. The lowest BCUT2D eigenvalue weighted by atomic mass is 9.98. The van der Waals surface area contributed by atoms with Gasteiger partial charge in [0.15, 0.2) is 0 Å². The molecule has 0 heterocycles. The smallest absolute Gasteiger partial charge is 0.243 e. The van der Waals surface area contributed by atoms with E-state index >= 15 is 0 Å². The molecule has 0 saturated heterocycles. The van der Waals surface area contributed by atoms with Crippen molar-refractivity contribution in [3.05, 3.63) is 65.7 Å². The predicted molar refractivity (Wildman–Crippen MR) is 152 cm³/mol. The Labute approximate surface area is 224 Å². The van der Waals surface area contributed by atoms with E-state index in [0.717, 1.165) is 29.7 Å². The average Bonchev–Trinajstić information content (AvgIpc) is 2.84. The number of nitrogens with one attached hydrogen (secondary N) is 2. The molecule has 0 spiro atoms. The molecule has 0 aliphatic heterocycles. The number of carbonyl (C=O) groups is 2. The summed E-state index contributed by atoms with van der Waals surface area (Å²) in [6.45, 7) is 14.8. The van der Waals surface area contributed by atoms with Gasteiger partial charge in [-0.15, -0.1) is 0 Å². The summed E-state index contributed by atoms with van der Waals surface area (Å²) in [5, 5.41) is 6.14. The van der Waals surface area contributed by atoms with Crippen molar-refractivity contribution in [2.45, 2.75) is 98.0 Å². The third-order valence-electron chi connectivity index (χ3n) is 6.52. The van der Waals surface area contributed by atoms with Gasteiger partial charge in [-0.25, -0.2) is 0 Å². The van der Waals surface area contributed by atoms with Gasteiger partial charge in [-0.05, 0) is 76.8 Å². The lowest BCUT2D eigenvalue weighted by Gasteiger charge is -2.34. The van der Waals surface area contributed by atoms with E-state index in [1.54, 1.807) is 0 Å². The molecule has 37 heavy (non-hydrogen) atoms. The van der Waals surface area contributed by atoms with E-state index in [1.807, 2.05) is 82.4 Å². The Balaban J connectivity index is 2.17. The lowest BCUT2D eigenvalue weighted by molar-refractivity contribution is -0.133. The average molecular weight is 510 g/mol. The summed E-state index contributed by atoms with van der Waals surface area (Å²) < 4.78 is 5.90. The summed E-state index contributed by atoms with van der Waals surface area (Å²) in [4.78, 5) is 28.9. The number of rotatable bonds is 13. The lowest BCUT2D eigenvalue weighted by Crippen LogP contribution is -2.57. The molecule has 0 aliphatic rings. The zero-order valence-electron chi connectivity index (χ0n) is 24.0. The highest BCUT2D eigenvalue weighted by Crippen LogP contribution is 2.18. The fraction of sp³-hybridized carbons (Fsp3) is 0.548. The van der Waals surface area contributed by atoms with E-state index in [-0.39, 0.29) is 23.9 Å². The third-order valence-corrected chi connectivity index (χ3v) is 6.52. The van der Waals surface area contributed by atoms with Crippen molar-refractivity contribution in [3.63, 3.8) is 0 Å². The van der Waals surface area contributed by atoms with Gasteiger partial charge in [-0.3, -0.25) is 14.5 Å². The Kier molecular flexibility index (Phi) is 11.6. The molecule has 0 saturated carbocycles. The van der Waals surface area contributed by atoms with Crippen LogP contribution >= 0.6 is 0 Å². The summed E-state index contributed by atoms with van der Waals surface area (Å²) >= 11 is 0. The summed E-state index contributed by atoms with van der Waals surface area (Å²) in [5.41, 5.74) is 1.66. The number of benzene rings is 2. The molecular weight excluding hydrogens is 462 g/mol. The Bertz CT molecular complexity index is 967. The van der Waals surface area contributed by atoms with Gasteiger partial charge in [-0.2, -0.15) is 0 Å². The molecule has 0 bridgehead atoms. The van der Waals surface area contributed by atoms with Crippen LogP contribution in [0.4, 0.5) is 0 Å². The van der Waals surface area contributed by atoms with Crippen LogP contribution in [-0.2, 0) is 22.6 Å². The minimum Gasteiger partial charge on any atom is -0.489 e. The van der Waals surface area contributed by atoms with Crippen LogP contribution < -0.4 is 15.4 Å². The monoisotopic (exact) mass is 509 g/mol. The predicted octanol–water partition coefficient (Wildman–Crippen LogP) is 5.35. The zero-order valence-corrected chi connectivity index (χ0v) is 24.0. The van der Waals surface area contributed by atoms with Gasteiger partial charge in [0.2, 0.25) is 11.8 Å². The molecule has 2 N–H and O–H groups in total. The number of ether oxygens (including phenoxy) is 1. The van der Waals surface area contributed by atoms with Crippen LogP contribution in [0.5, 0.6) is 5.75 Å². The molecule has 2 rings (SSSR count). The molecule has 0 aliphatic carbocycles. The largest absolute Gasteiger partial charge is 0.489 e. The van der Waals surface area contributed by atoms with E-state index in [2.05, 4.69) is 43.2 Å². The van der Waals surface area contributed by atoms with Crippen molar-refractivity contribution in [2.75, 3.05) is 7.05 Å². The number of hydrogen-bond acceptors (Lipinski definition) is 4. The van der Waals surface area contributed by atoms with Gasteiger partial charge in [0, 0.05) is 18.0 Å². The van der Waals surface area contributed by atoms with Crippen molar-refractivity contribution in [3.8, 4) is 5.75 Å². The minimum atomic E-state index is -0.678. The highest BCUT2D eigenvalue weighted by molar-refractivity contribution is 5.90. The van der Waals surface area contributed by atoms with Crippen LogP contribution in [0.15, 0.2) is 54.6 Å². The molecule has 204 valence electrons. The summed E-state index contributed by atoms with van der Waals surface area (Å²) in [5.74, 6) is 0.833. The Morgan fingerprint density at radius 1 is 0.919 bits per heavy atom. The van der Waals surface area contributed by atoms with E-state index in [9.17, 15) is 9.59 Å². The van der Waals surface area contributed by atoms with E-state index < -0.39 is 11.6 Å². The van der Waals surface area contributed by atoms with Gasteiger partial charge in [0.1, 0.15) is 18.4 Å². The molecule has 2 aromatic carbocycles. The molecule has 3 atom stereocenters. The van der Waals surface area contributed by atoms with Crippen LogP contribution in [0.3, 0.4) is 0 Å². The van der Waals surface area contributed by atoms with Crippen LogP contribution in [0.1, 0.15) is 72.4 Å². The van der Waals surface area contributed by atoms with Crippen molar-refractivity contribution < 1.29 is 14.3 Å². The zero-order chi connectivity index (χ0) is 27.6. The SMILES string of the molecule is CC[C@H](C)N(C)[C@H](CC(C)C)C(=O)NC(Cc1ccc(OCc2ccccc2)cc1)C(=O)NC(C)(C)C. The van der Waals surface area contributed by atoms with Crippen LogP contribution in [0.2, 0.25) is 0 Å². The van der Waals surface area contributed by atoms with Gasteiger partial charge < -0.3 is 15.4 Å². The Morgan fingerprint density at radius 2 is 1.54 bits per heavy atom. The maximum absolute atomic E-state index is 13.5. The number of likely N-dealkylation sites (N-methyl/N-ethyl adjacent to an activating group) is 1. The van der Waals surface area contributed by atoms with Crippen LogP contribution in [0.25, 0.3) is 0 Å². The first kappa shape index (κ1) is 30.4. The third kappa shape index (κ3) is 10.6. The van der Waals surface area contributed by atoms with Crippen molar-refractivity contribution in [1.29, 1.82) is 0 Å². The topological polar surface area (TPSA) is 70.7 Å². The Hall–Kier alpha value is -2.86. The molecule has 6 nitrogen and oxygen atoms in total. The first-order valence-corrected chi connectivity index (χ1v) is 13.5. The first-order chi connectivity index (χ1) is 17.4. The fourth-order valence-electron chi connectivity index (χ4n) is 4.13. The van der Waals surface area contributed by atoms with E-state index in [1.165, 1.54) is 0 Å². The number of amides is 2. The highest BCUT2D eigenvalue weighted by atomic mass is 16.5. The van der Waals surface area contributed by atoms with Gasteiger partial charge in [-0.1, -0.05) is 63.2 Å². The number of carbonyl (C=O) groups excluding carboxylic acids is 2. The van der Waals surface area contributed by atoms with E-state index in [0.29, 0.717) is 18.9 Å². The van der Waals surface area contributed by atoms with Crippen LogP contribution in [0, 0.1) is 5.92 Å². The summed E-state index contributed by atoms with van der Waals surface area (Å²) in [6.07, 6.45) is 2.08. The van der Waals surface area contributed by atoms with Gasteiger partial charge in [0.25, 0.3) is 0 Å². The fourth-order valence-corrected chi connectivity index (χ4v) is 4.13. The second-order valence-electron chi connectivity index (χ2n) is 11.5. The molecule has 2 amide bonds. The summed E-state index contributed by atoms with van der Waals surface area (Å²) in [7, 11) is 2.00. The summed E-state index contributed by atoms with van der Waals surface area (Å²) in [6, 6.07) is 17.1. The molecular formula is C31H47N3O3. The Morgan fingerprint density at radius 3 is 2.08 bits per heavy atom. The number of hydrogen-bond donors (Lipinski definition) is 2. The minimum absolute atomic E-state index is 0.103. The normalized spacial score (nSPS) is 14.2. The van der Waals surface area contributed by atoms with Gasteiger partial charge >= 0.3 is 0 Å². The van der Waals surface area contributed by atoms with Crippen LogP contribution in [-0.4, -0.2) is 47.4 Å². The molecule has 6 heteroatoms. The molecule has 1 unspecified atom stereocenters. The molecule has 0 aromatic heterocycles. The maximum Gasteiger partial charge on any atom is 0.243 e. The van der Waals surface area contributed by atoms with Crippen molar-refractivity contribution in [2.24, 2.45) is 5.92 Å². The second kappa shape index (κ2) is 14.2. The van der Waals surface area contributed by atoms with Crippen molar-refractivity contribution in [1.82, 2.24) is 15.5 Å². The van der Waals surface area contributed by atoms with Crippen molar-refractivity contribution >= 4 is 11.8 Å².